The third-order valence-electron chi connectivity index (χ3n) is 4.00. The third-order valence-corrected chi connectivity index (χ3v) is 4.00. The Morgan fingerprint density at radius 2 is 1.92 bits per heavy atom. The van der Waals surface area contributed by atoms with Crippen molar-refractivity contribution in [3.8, 4) is 17.1 Å². The van der Waals surface area contributed by atoms with Crippen LogP contribution in [-0.2, 0) is 0 Å². The number of nitrogens with one attached hydrogen (secondary N) is 1. The van der Waals surface area contributed by atoms with Crippen LogP contribution in [0, 0.1) is 0 Å². The van der Waals surface area contributed by atoms with Crippen LogP contribution in [-0.4, -0.2) is 23.2 Å². The largest absolute Gasteiger partial charge is 0.493 e. The first-order valence-corrected chi connectivity index (χ1v) is 8.01. The topological polar surface area (TPSA) is 77.2 Å². The summed E-state index contributed by atoms with van der Waals surface area (Å²) in [5.41, 5.74) is 2.07. The summed E-state index contributed by atoms with van der Waals surface area (Å²) >= 11 is 0. The molecular formula is C20H15N3O3. The highest BCUT2D eigenvalue weighted by Crippen LogP contribution is 2.29. The fourth-order valence-electron chi connectivity index (χ4n) is 2.71. The van der Waals surface area contributed by atoms with Gasteiger partial charge in [0.2, 0.25) is 0 Å². The van der Waals surface area contributed by atoms with Crippen molar-refractivity contribution >= 4 is 22.6 Å². The van der Waals surface area contributed by atoms with Crippen LogP contribution in [0.5, 0.6) is 5.75 Å². The number of anilines is 1. The van der Waals surface area contributed by atoms with Crippen molar-refractivity contribution in [2.75, 3.05) is 12.4 Å². The molecule has 0 aliphatic rings. The van der Waals surface area contributed by atoms with Gasteiger partial charge in [-0.05, 0) is 30.3 Å². The van der Waals surface area contributed by atoms with Crippen LogP contribution in [0.3, 0.4) is 0 Å². The number of aromatic nitrogens is 2. The molecule has 6 heteroatoms. The van der Waals surface area contributed by atoms with Crippen LogP contribution in [0.1, 0.15) is 10.4 Å². The Morgan fingerprint density at radius 3 is 2.73 bits per heavy atom. The van der Waals surface area contributed by atoms with Crippen molar-refractivity contribution in [3.05, 3.63) is 72.4 Å². The average Bonchev–Trinajstić information content (AvgIpc) is 3.12. The van der Waals surface area contributed by atoms with Crippen LogP contribution in [0.15, 0.2) is 71.4 Å². The Bertz CT molecular complexity index is 1070. The fraction of sp³-hybridized carbons (Fsp3) is 0.0500. The molecule has 0 unspecified atom stereocenters. The summed E-state index contributed by atoms with van der Waals surface area (Å²) in [5, 5.41) is 7.61. The van der Waals surface area contributed by atoms with E-state index in [9.17, 15) is 4.79 Å². The smallest absolute Gasteiger partial charge is 0.256 e. The molecule has 2 aromatic carbocycles. The van der Waals surface area contributed by atoms with Gasteiger partial charge in [0.1, 0.15) is 5.52 Å². The lowest BCUT2D eigenvalue weighted by atomic mass is 10.1. The molecule has 4 rings (SSSR count). The summed E-state index contributed by atoms with van der Waals surface area (Å²) < 4.78 is 10.7. The van der Waals surface area contributed by atoms with E-state index in [0.29, 0.717) is 28.4 Å². The second-order valence-electron chi connectivity index (χ2n) is 5.62. The summed E-state index contributed by atoms with van der Waals surface area (Å²) in [7, 11) is 1.53. The highest BCUT2D eigenvalue weighted by atomic mass is 16.5. The first-order chi connectivity index (χ1) is 12.8. The van der Waals surface area contributed by atoms with Gasteiger partial charge in [0.15, 0.2) is 17.3 Å². The predicted octanol–water partition coefficient (Wildman–Crippen LogP) is 4.15. The van der Waals surface area contributed by atoms with Gasteiger partial charge in [-0.1, -0.05) is 35.5 Å². The molecule has 0 spiro atoms. The first kappa shape index (κ1) is 15.8. The number of nitrogens with zero attached hydrogens (tertiary/aromatic N) is 2. The van der Waals surface area contributed by atoms with Gasteiger partial charge in [-0.25, -0.2) is 4.98 Å². The number of carbonyl (C=O) groups excluding carboxylic acids is 1. The number of methoxy groups -OCH3 is 1. The molecule has 0 fully saturated rings. The lowest BCUT2D eigenvalue weighted by Crippen LogP contribution is -2.13. The molecule has 0 atom stereocenters. The van der Waals surface area contributed by atoms with Crippen LogP contribution in [0.25, 0.3) is 22.2 Å². The molecule has 2 heterocycles. The summed E-state index contributed by atoms with van der Waals surface area (Å²) in [4.78, 5) is 16.8. The van der Waals surface area contributed by atoms with Gasteiger partial charge >= 0.3 is 0 Å². The second-order valence-corrected chi connectivity index (χ2v) is 5.62. The van der Waals surface area contributed by atoms with E-state index in [1.54, 1.807) is 36.5 Å². The van der Waals surface area contributed by atoms with Gasteiger partial charge in [-0.3, -0.25) is 4.79 Å². The van der Waals surface area contributed by atoms with Crippen LogP contribution in [0.2, 0.25) is 0 Å². The minimum absolute atomic E-state index is 0.288. The van der Waals surface area contributed by atoms with E-state index >= 15 is 0 Å². The number of hydrogen-bond acceptors (Lipinski definition) is 5. The van der Waals surface area contributed by atoms with Gasteiger partial charge in [0.05, 0.1) is 12.5 Å². The standard InChI is InChI=1S/C20H15N3O3/c1-25-17-8-5-11-21-19(17)22-20(24)14-9-10-16-15(12-14)18(26-23-16)13-6-3-2-4-7-13/h2-12H,1H3,(H,21,22,24). The summed E-state index contributed by atoms with van der Waals surface area (Å²) in [6.07, 6.45) is 1.59. The zero-order valence-electron chi connectivity index (χ0n) is 14.0. The van der Waals surface area contributed by atoms with Crippen molar-refractivity contribution < 1.29 is 14.1 Å². The van der Waals surface area contributed by atoms with Crippen LogP contribution < -0.4 is 10.1 Å². The zero-order chi connectivity index (χ0) is 17.9. The van der Waals surface area contributed by atoms with Crippen molar-refractivity contribution in [3.63, 3.8) is 0 Å². The van der Waals surface area contributed by atoms with Crippen molar-refractivity contribution in [2.45, 2.75) is 0 Å². The van der Waals surface area contributed by atoms with Gasteiger partial charge in [0, 0.05) is 17.3 Å². The van der Waals surface area contributed by atoms with E-state index in [1.807, 2.05) is 30.3 Å². The molecule has 0 radical (unpaired) electrons. The summed E-state index contributed by atoms with van der Waals surface area (Å²) in [6.45, 7) is 0. The number of pyridine rings is 1. The molecule has 0 bridgehead atoms. The summed E-state index contributed by atoms with van der Waals surface area (Å²) in [6, 6.07) is 18.3. The van der Waals surface area contributed by atoms with Gasteiger partial charge in [-0.2, -0.15) is 0 Å². The van der Waals surface area contributed by atoms with Crippen molar-refractivity contribution in [2.24, 2.45) is 0 Å². The van der Waals surface area contributed by atoms with E-state index in [4.69, 9.17) is 9.26 Å². The lowest BCUT2D eigenvalue weighted by Gasteiger charge is -2.08. The molecule has 0 aliphatic carbocycles. The Hall–Kier alpha value is -3.67. The number of rotatable bonds is 4. The molecule has 0 aliphatic heterocycles. The third kappa shape index (κ3) is 2.88. The van der Waals surface area contributed by atoms with E-state index in [0.717, 1.165) is 10.9 Å². The van der Waals surface area contributed by atoms with Crippen molar-refractivity contribution in [1.29, 1.82) is 0 Å². The van der Waals surface area contributed by atoms with Gasteiger partial charge < -0.3 is 14.6 Å². The molecular weight excluding hydrogens is 330 g/mol. The molecule has 128 valence electrons. The Morgan fingerprint density at radius 1 is 1.08 bits per heavy atom. The molecule has 1 amide bonds. The van der Waals surface area contributed by atoms with E-state index < -0.39 is 0 Å². The maximum absolute atomic E-state index is 12.6. The molecule has 4 aromatic rings. The normalized spacial score (nSPS) is 10.7. The van der Waals surface area contributed by atoms with Gasteiger partial charge in [-0.15, -0.1) is 0 Å². The number of hydrogen-bond donors (Lipinski definition) is 1. The maximum Gasteiger partial charge on any atom is 0.256 e. The maximum atomic E-state index is 12.6. The first-order valence-electron chi connectivity index (χ1n) is 8.01. The monoisotopic (exact) mass is 345 g/mol. The highest BCUT2D eigenvalue weighted by molar-refractivity contribution is 6.07. The second kappa shape index (κ2) is 6.68. The predicted molar refractivity (Wildman–Crippen MR) is 98.2 cm³/mol. The summed E-state index contributed by atoms with van der Waals surface area (Å²) in [5.74, 6) is 1.21. The molecule has 0 saturated heterocycles. The van der Waals surface area contributed by atoms with Crippen LogP contribution in [0.4, 0.5) is 5.82 Å². The van der Waals surface area contributed by atoms with E-state index in [2.05, 4.69) is 15.5 Å². The Labute approximate surface area is 149 Å². The highest BCUT2D eigenvalue weighted by Gasteiger charge is 2.15. The molecule has 0 saturated carbocycles. The number of ether oxygens (including phenoxy) is 1. The molecule has 26 heavy (non-hydrogen) atoms. The Kier molecular flexibility index (Phi) is 4.07. The molecule has 2 aromatic heterocycles. The van der Waals surface area contributed by atoms with E-state index in [-0.39, 0.29) is 5.91 Å². The zero-order valence-corrected chi connectivity index (χ0v) is 14.0. The number of fused-ring (bicyclic) bond motifs is 1. The fourth-order valence-corrected chi connectivity index (χ4v) is 2.71. The molecule has 6 nitrogen and oxygen atoms in total. The van der Waals surface area contributed by atoms with Crippen molar-refractivity contribution in [1.82, 2.24) is 10.1 Å². The SMILES string of the molecule is COc1cccnc1NC(=O)c1ccc2noc(-c3ccccc3)c2c1. The number of benzene rings is 2. The molecule has 1 N–H and O–H groups in total. The number of amides is 1. The van der Waals surface area contributed by atoms with E-state index in [1.165, 1.54) is 7.11 Å². The van der Waals surface area contributed by atoms with Gasteiger partial charge in [0.25, 0.3) is 5.91 Å². The average molecular weight is 345 g/mol. The quantitative estimate of drug-likeness (QED) is 0.601. The van der Waals surface area contributed by atoms with Crippen LogP contribution >= 0.6 is 0 Å². The minimum Gasteiger partial charge on any atom is -0.493 e. The number of carbonyl (C=O) groups is 1. The minimum atomic E-state index is -0.288. The Balaban J connectivity index is 1.70. The lowest BCUT2D eigenvalue weighted by molar-refractivity contribution is 0.102.